The summed E-state index contributed by atoms with van der Waals surface area (Å²) in [5.41, 5.74) is 0.702. The summed E-state index contributed by atoms with van der Waals surface area (Å²) in [6.45, 7) is 2.34. The number of benzene rings is 1. The molecule has 5 aliphatic carbocycles. The molecule has 37 heavy (non-hydrogen) atoms. The van der Waals surface area contributed by atoms with Crippen molar-refractivity contribution in [3.05, 3.63) is 35.9 Å². The molecule has 0 unspecified atom stereocenters. The highest BCUT2D eigenvalue weighted by Gasteiger charge is 2.64. The minimum atomic E-state index is -0.844. The van der Waals surface area contributed by atoms with Gasteiger partial charge in [-0.15, -0.1) is 0 Å². The summed E-state index contributed by atoms with van der Waals surface area (Å²) in [5.74, 6) is 1.34. The molecule has 2 aliphatic heterocycles. The third kappa shape index (κ3) is 4.30. The van der Waals surface area contributed by atoms with E-state index >= 15 is 0 Å². The number of carbonyl (C=O) groups excluding carboxylic acids is 2. The third-order valence-electron chi connectivity index (χ3n) is 10.2. The largest absolute Gasteiger partial charge is 0.339 e. The van der Waals surface area contributed by atoms with Gasteiger partial charge in [0.2, 0.25) is 17.5 Å². The lowest BCUT2D eigenvalue weighted by Crippen LogP contribution is -2.64. The second kappa shape index (κ2) is 9.33. The van der Waals surface area contributed by atoms with E-state index < -0.39 is 11.6 Å². The number of rotatable bonds is 3. The van der Waals surface area contributed by atoms with Crippen molar-refractivity contribution >= 4 is 11.8 Å². The van der Waals surface area contributed by atoms with Crippen LogP contribution in [0.1, 0.15) is 74.6 Å². The summed E-state index contributed by atoms with van der Waals surface area (Å²) in [6, 6.07) is 9.35. The fourth-order valence-corrected chi connectivity index (χ4v) is 8.21. The predicted octanol–water partition coefficient (Wildman–Crippen LogP) is 4.31. The quantitative estimate of drug-likeness (QED) is 0.564. The molecule has 8 heteroatoms. The summed E-state index contributed by atoms with van der Waals surface area (Å²) in [6.07, 6.45) is 9.55. The topological polar surface area (TPSA) is 77.5 Å². The Morgan fingerprint density at radius 3 is 1.92 bits per heavy atom. The molecule has 2 heterocycles. The molecule has 5 saturated carbocycles. The Morgan fingerprint density at radius 2 is 1.32 bits per heavy atom. The number of piperazine rings is 1. The lowest BCUT2D eigenvalue weighted by molar-refractivity contribution is -0.680. The molecule has 2 spiro atoms. The van der Waals surface area contributed by atoms with Crippen LogP contribution in [0.4, 0.5) is 0 Å². The van der Waals surface area contributed by atoms with Gasteiger partial charge in [0, 0.05) is 62.8 Å². The van der Waals surface area contributed by atoms with E-state index in [1.165, 1.54) is 6.42 Å². The van der Waals surface area contributed by atoms with E-state index in [9.17, 15) is 9.59 Å². The van der Waals surface area contributed by atoms with Crippen LogP contribution in [-0.2, 0) is 24.3 Å². The average Bonchev–Trinajstić information content (AvgIpc) is 2.94. The Balaban J connectivity index is 0.877. The number of nitrogens with zero attached hydrogens (tertiary/aromatic N) is 2. The van der Waals surface area contributed by atoms with Crippen LogP contribution in [0.3, 0.4) is 0 Å². The van der Waals surface area contributed by atoms with Crippen LogP contribution in [0.15, 0.2) is 30.3 Å². The highest BCUT2D eigenvalue weighted by molar-refractivity contribution is 5.94. The zero-order chi connectivity index (χ0) is 25.0. The fourth-order valence-electron chi connectivity index (χ4n) is 8.21. The molecule has 0 aromatic heterocycles. The Bertz CT molecular complexity index is 974. The molecule has 8 rings (SSSR count). The van der Waals surface area contributed by atoms with Gasteiger partial charge in [-0.25, -0.2) is 0 Å². The van der Waals surface area contributed by atoms with Gasteiger partial charge in [0.25, 0.3) is 5.91 Å². The van der Waals surface area contributed by atoms with Gasteiger partial charge < -0.3 is 9.80 Å². The van der Waals surface area contributed by atoms with Crippen LogP contribution >= 0.6 is 0 Å². The smallest absolute Gasteiger partial charge is 0.253 e. The molecule has 1 aromatic rings. The first-order valence-electron chi connectivity index (χ1n) is 14.4. The zero-order valence-electron chi connectivity index (χ0n) is 21.5. The SMILES string of the molecule is O=C(CC1CCC2(CC1)OOC1(OO2)C2CC3CC(C2)CC1C3)N1CCN(C(=O)c2ccccc2)CC1. The molecule has 7 aliphatic rings. The lowest BCUT2D eigenvalue weighted by atomic mass is 9.53. The summed E-state index contributed by atoms with van der Waals surface area (Å²) >= 11 is 0. The van der Waals surface area contributed by atoms with Crippen LogP contribution < -0.4 is 0 Å². The monoisotopic (exact) mass is 510 g/mol. The minimum Gasteiger partial charge on any atom is -0.339 e. The van der Waals surface area contributed by atoms with Crippen LogP contribution in [0, 0.1) is 29.6 Å². The van der Waals surface area contributed by atoms with E-state index in [-0.39, 0.29) is 11.8 Å². The maximum absolute atomic E-state index is 13.0. The van der Waals surface area contributed by atoms with Gasteiger partial charge in [0.1, 0.15) is 0 Å². The van der Waals surface area contributed by atoms with Gasteiger partial charge >= 0.3 is 0 Å². The van der Waals surface area contributed by atoms with E-state index in [0.717, 1.165) is 50.4 Å². The normalized spacial score (nSPS) is 40.9. The highest BCUT2D eigenvalue weighted by Crippen LogP contribution is 2.62. The number of hydrogen-bond acceptors (Lipinski definition) is 6. The van der Waals surface area contributed by atoms with Crippen molar-refractivity contribution in [3.63, 3.8) is 0 Å². The van der Waals surface area contributed by atoms with Crippen LogP contribution in [0.25, 0.3) is 0 Å². The first kappa shape index (κ1) is 24.1. The van der Waals surface area contributed by atoms with Gasteiger partial charge in [-0.2, -0.15) is 19.6 Å². The molecule has 0 radical (unpaired) electrons. The summed E-state index contributed by atoms with van der Waals surface area (Å²) in [5, 5.41) is 0. The second-order valence-electron chi connectivity index (χ2n) is 12.5. The number of amides is 2. The van der Waals surface area contributed by atoms with Crippen LogP contribution in [-0.4, -0.2) is 59.4 Å². The van der Waals surface area contributed by atoms with E-state index in [0.29, 0.717) is 68.8 Å². The Morgan fingerprint density at radius 1 is 0.757 bits per heavy atom. The summed E-state index contributed by atoms with van der Waals surface area (Å²) in [7, 11) is 0. The van der Waals surface area contributed by atoms with Gasteiger partial charge in [-0.1, -0.05) is 18.2 Å². The van der Waals surface area contributed by atoms with Crippen molar-refractivity contribution in [2.45, 2.75) is 75.8 Å². The van der Waals surface area contributed by atoms with Gasteiger partial charge in [-0.05, 0) is 74.8 Å². The van der Waals surface area contributed by atoms with Crippen molar-refractivity contribution in [2.75, 3.05) is 26.2 Å². The summed E-state index contributed by atoms with van der Waals surface area (Å²) < 4.78 is 0. The second-order valence-corrected chi connectivity index (χ2v) is 12.5. The van der Waals surface area contributed by atoms with Crippen molar-refractivity contribution in [1.82, 2.24) is 9.80 Å². The average molecular weight is 511 g/mol. The van der Waals surface area contributed by atoms with Crippen LogP contribution in [0.5, 0.6) is 0 Å². The number of carbonyl (C=O) groups is 2. The van der Waals surface area contributed by atoms with Gasteiger partial charge in [0.05, 0.1) is 0 Å². The molecule has 0 N–H and O–H groups in total. The fraction of sp³-hybridized carbons (Fsp3) is 0.724. The maximum Gasteiger partial charge on any atom is 0.253 e. The first-order valence-corrected chi connectivity index (χ1v) is 14.4. The molecule has 1 aromatic carbocycles. The molecule has 8 nitrogen and oxygen atoms in total. The van der Waals surface area contributed by atoms with E-state index in [1.54, 1.807) is 0 Å². The Labute approximate surface area is 218 Å². The third-order valence-corrected chi connectivity index (χ3v) is 10.2. The predicted molar refractivity (Wildman–Crippen MR) is 132 cm³/mol. The van der Waals surface area contributed by atoms with Crippen molar-refractivity contribution in [2.24, 2.45) is 29.6 Å². The molecule has 2 saturated heterocycles. The molecule has 0 atom stereocenters. The first-order chi connectivity index (χ1) is 18.0. The molecular formula is C29H38N2O6. The van der Waals surface area contributed by atoms with Crippen LogP contribution in [0.2, 0.25) is 0 Å². The van der Waals surface area contributed by atoms with E-state index in [1.807, 2.05) is 40.1 Å². The van der Waals surface area contributed by atoms with Gasteiger partial charge in [-0.3, -0.25) is 9.59 Å². The van der Waals surface area contributed by atoms with Crippen molar-refractivity contribution in [1.29, 1.82) is 0 Å². The zero-order valence-corrected chi connectivity index (χ0v) is 21.5. The Kier molecular flexibility index (Phi) is 6.07. The van der Waals surface area contributed by atoms with Crippen molar-refractivity contribution < 1.29 is 29.1 Å². The standard InChI is InChI=1S/C29H38N2O6/c32-26(30-10-12-31(13-11-30)27(33)23-4-2-1-3-5-23)19-20-6-8-28(9-7-20)34-36-29(37-35-28)24-15-21-14-22(17-24)18-25(29)16-21/h1-5,20-22,24-25H,6-19H2. The number of hydrogen-bond donors (Lipinski definition) is 0. The summed E-state index contributed by atoms with van der Waals surface area (Å²) in [4.78, 5) is 53.9. The molecule has 2 amide bonds. The van der Waals surface area contributed by atoms with E-state index in [2.05, 4.69) is 0 Å². The molecule has 4 bridgehead atoms. The highest BCUT2D eigenvalue weighted by atomic mass is 17.4. The molecule has 200 valence electrons. The Hall–Kier alpha value is -2.00. The van der Waals surface area contributed by atoms with Gasteiger partial charge in [0.15, 0.2) is 0 Å². The molecular weight excluding hydrogens is 472 g/mol. The molecule has 7 fully saturated rings. The minimum absolute atomic E-state index is 0.0395. The maximum atomic E-state index is 13.0. The van der Waals surface area contributed by atoms with E-state index in [4.69, 9.17) is 19.6 Å². The lowest BCUT2D eigenvalue weighted by Gasteiger charge is -2.60. The van der Waals surface area contributed by atoms with Crippen molar-refractivity contribution in [3.8, 4) is 0 Å².